The number of aryl methyl sites for hydroxylation is 1. The Morgan fingerprint density at radius 3 is 2.70 bits per heavy atom. The first-order valence-electron chi connectivity index (χ1n) is 7.02. The van der Waals surface area contributed by atoms with Crippen LogP contribution in [0.5, 0.6) is 0 Å². The standard InChI is InChI=1S/C18H14N4O/c1-13-5-7-16(18(19)23)17(22-11-3-10-21-22)15(13)8-6-14-4-2-9-20-12-14/h2-5,7,9-12H,1H3,(H2,19,23). The van der Waals surface area contributed by atoms with Crippen molar-refractivity contribution in [1.82, 2.24) is 14.8 Å². The second-order valence-electron chi connectivity index (χ2n) is 4.96. The number of carbonyl (C=O) groups excluding carboxylic acids is 1. The van der Waals surface area contributed by atoms with Gasteiger partial charge >= 0.3 is 0 Å². The van der Waals surface area contributed by atoms with Crippen LogP contribution in [0.15, 0.2) is 55.1 Å². The Hall–Kier alpha value is -3.39. The van der Waals surface area contributed by atoms with E-state index >= 15 is 0 Å². The van der Waals surface area contributed by atoms with Gasteiger partial charge in [0.15, 0.2) is 0 Å². The smallest absolute Gasteiger partial charge is 0.250 e. The van der Waals surface area contributed by atoms with Gasteiger partial charge in [0.2, 0.25) is 0 Å². The fourth-order valence-electron chi connectivity index (χ4n) is 2.26. The highest BCUT2D eigenvalue weighted by molar-refractivity contribution is 5.97. The van der Waals surface area contributed by atoms with E-state index in [1.54, 1.807) is 41.6 Å². The lowest BCUT2D eigenvalue weighted by molar-refractivity contribution is 0.1000. The Balaban J connectivity index is 2.22. The Morgan fingerprint density at radius 1 is 1.17 bits per heavy atom. The molecule has 23 heavy (non-hydrogen) atoms. The van der Waals surface area contributed by atoms with Crippen molar-refractivity contribution in [2.24, 2.45) is 5.73 Å². The first-order chi connectivity index (χ1) is 11.2. The van der Waals surface area contributed by atoms with Gasteiger partial charge in [0.25, 0.3) is 5.91 Å². The lowest BCUT2D eigenvalue weighted by Gasteiger charge is -2.12. The molecule has 0 atom stereocenters. The normalized spacial score (nSPS) is 9.96. The molecule has 1 aromatic carbocycles. The molecule has 3 rings (SSSR count). The van der Waals surface area contributed by atoms with E-state index in [-0.39, 0.29) is 0 Å². The Labute approximate surface area is 133 Å². The molecule has 2 N–H and O–H groups in total. The molecule has 1 amide bonds. The van der Waals surface area contributed by atoms with E-state index < -0.39 is 5.91 Å². The predicted molar refractivity (Wildman–Crippen MR) is 87.0 cm³/mol. The molecular weight excluding hydrogens is 288 g/mol. The van der Waals surface area contributed by atoms with Crippen LogP contribution in [0.2, 0.25) is 0 Å². The first-order valence-corrected chi connectivity index (χ1v) is 7.02. The van der Waals surface area contributed by atoms with Crippen LogP contribution in [-0.4, -0.2) is 20.7 Å². The molecule has 5 nitrogen and oxygen atoms in total. The number of amides is 1. The van der Waals surface area contributed by atoms with Crippen molar-refractivity contribution in [2.45, 2.75) is 6.92 Å². The molecule has 0 radical (unpaired) electrons. The van der Waals surface area contributed by atoms with Gasteiger partial charge in [0.05, 0.1) is 16.8 Å². The molecule has 3 aromatic rings. The maximum absolute atomic E-state index is 11.8. The van der Waals surface area contributed by atoms with Gasteiger partial charge in [0, 0.05) is 30.4 Å². The zero-order chi connectivity index (χ0) is 16.2. The Bertz CT molecular complexity index is 903. The monoisotopic (exact) mass is 302 g/mol. The maximum Gasteiger partial charge on any atom is 0.250 e. The number of hydrogen-bond donors (Lipinski definition) is 1. The second-order valence-corrected chi connectivity index (χ2v) is 4.96. The number of primary amides is 1. The summed E-state index contributed by atoms with van der Waals surface area (Å²) in [6.07, 6.45) is 6.79. The number of pyridine rings is 1. The summed E-state index contributed by atoms with van der Waals surface area (Å²) in [5, 5.41) is 4.22. The van der Waals surface area contributed by atoms with E-state index in [1.807, 2.05) is 25.1 Å². The van der Waals surface area contributed by atoms with Gasteiger partial charge in [-0.05, 0) is 36.8 Å². The number of nitrogens with two attached hydrogens (primary N) is 1. The number of benzene rings is 1. The molecule has 112 valence electrons. The third-order valence-corrected chi connectivity index (χ3v) is 3.38. The van der Waals surface area contributed by atoms with Gasteiger partial charge in [-0.2, -0.15) is 5.10 Å². The fraction of sp³-hybridized carbons (Fsp3) is 0.0556. The van der Waals surface area contributed by atoms with Gasteiger partial charge < -0.3 is 5.73 Å². The van der Waals surface area contributed by atoms with Crippen LogP contribution in [0.4, 0.5) is 0 Å². The predicted octanol–water partition coefficient (Wildman–Crippen LogP) is 2.07. The molecule has 0 saturated heterocycles. The van der Waals surface area contributed by atoms with Gasteiger partial charge in [-0.1, -0.05) is 17.9 Å². The third-order valence-electron chi connectivity index (χ3n) is 3.38. The van der Waals surface area contributed by atoms with Crippen LogP contribution in [0.3, 0.4) is 0 Å². The zero-order valence-electron chi connectivity index (χ0n) is 12.5. The molecule has 0 saturated carbocycles. The molecule has 2 aromatic heterocycles. The zero-order valence-corrected chi connectivity index (χ0v) is 12.5. The average molecular weight is 302 g/mol. The fourth-order valence-corrected chi connectivity index (χ4v) is 2.26. The van der Waals surface area contributed by atoms with Crippen molar-refractivity contribution in [3.63, 3.8) is 0 Å². The summed E-state index contributed by atoms with van der Waals surface area (Å²) in [6.45, 7) is 1.94. The van der Waals surface area contributed by atoms with Crippen LogP contribution in [0, 0.1) is 18.8 Å². The number of rotatable bonds is 2. The van der Waals surface area contributed by atoms with Gasteiger partial charge in [0.1, 0.15) is 0 Å². The van der Waals surface area contributed by atoms with Crippen molar-refractivity contribution in [3.8, 4) is 17.5 Å². The molecule has 0 aliphatic heterocycles. The largest absolute Gasteiger partial charge is 0.366 e. The summed E-state index contributed by atoms with van der Waals surface area (Å²) in [5.41, 5.74) is 8.94. The topological polar surface area (TPSA) is 73.8 Å². The first kappa shape index (κ1) is 14.5. The van der Waals surface area contributed by atoms with Crippen LogP contribution < -0.4 is 5.73 Å². The molecule has 0 unspecified atom stereocenters. The van der Waals surface area contributed by atoms with E-state index in [0.29, 0.717) is 16.8 Å². The van der Waals surface area contributed by atoms with E-state index in [9.17, 15) is 4.79 Å². The summed E-state index contributed by atoms with van der Waals surface area (Å²) >= 11 is 0. The minimum atomic E-state index is -0.514. The number of carbonyl (C=O) groups is 1. The molecule has 5 heteroatoms. The van der Waals surface area contributed by atoms with Gasteiger partial charge in [-0.3, -0.25) is 9.78 Å². The third kappa shape index (κ3) is 2.97. The average Bonchev–Trinajstić information content (AvgIpc) is 3.08. The molecule has 2 heterocycles. The van der Waals surface area contributed by atoms with E-state index in [2.05, 4.69) is 21.9 Å². The highest BCUT2D eigenvalue weighted by Crippen LogP contribution is 2.22. The van der Waals surface area contributed by atoms with Crippen molar-refractivity contribution in [1.29, 1.82) is 0 Å². The summed E-state index contributed by atoms with van der Waals surface area (Å²) < 4.78 is 1.61. The van der Waals surface area contributed by atoms with Crippen LogP contribution in [0.25, 0.3) is 5.69 Å². The molecule has 0 aliphatic carbocycles. The quantitative estimate of drug-likeness (QED) is 0.736. The lowest BCUT2D eigenvalue weighted by atomic mass is 10.0. The summed E-state index contributed by atoms with van der Waals surface area (Å²) in [7, 11) is 0. The van der Waals surface area contributed by atoms with E-state index in [1.165, 1.54) is 0 Å². The summed E-state index contributed by atoms with van der Waals surface area (Å²) in [6, 6.07) is 9.02. The Kier molecular flexibility index (Phi) is 3.89. The van der Waals surface area contributed by atoms with Crippen molar-refractivity contribution >= 4 is 5.91 Å². The van der Waals surface area contributed by atoms with Gasteiger partial charge in [-0.15, -0.1) is 0 Å². The van der Waals surface area contributed by atoms with Crippen molar-refractivity contribution in [3.05, 3.63) is 77.4 Å². The molecule has 0 aliphatic rings. The van der Waals surface area contributed by atoms with Crippen LogP contribution in [-0.2, 0) is 0 Å². The highest BCUT2D eigenvalue weighted by Gasteiger charge is 2.16. The summed E-state index contributed by atoms with van der Waals surface area (Å²) in [4.78, 5) is 15.8. The number of hydrogen-bond acceptors (Lipinski definition) is 3. The molecule has 0 bridgehead atoms. The number of aromatic nitrogens is 3. The maximum atomic E-state index is 11.8. The van der Waals surface area contributed by atoms with E-state index in [4.69, 9.17) is 5.73 Å². The van der Waals surface area contributed by atoms with Crippen molar-refractivity contribution in [2.75, 3.05) is 0 Å². The Morgan fingerprint density at radius 2 is 2.04 bits per heavy atom. The van der Waals surface area contributed by atoms with Crippen LogP contribution in [0.1, 0.15) is 27.0 Å². The van der Waals surface area contributed by atoms with Crippen molar-refractivity contribution < 1.29 is 4.79 Å². The van der Waals surface area contributed by atoms with E-state index in [0.717, 1.165) is 11.1 Å². The minimum Gasteiger partial charge on any atom is -0.366 e. The molecule has 0 fully saturated rings. The summed E-state index contributed by atoms with van der Waals surface area (Å²) in [5.74, 6) is 5.67. The lowest BCUT2D eigenvalue weighted by Crippen LogP contribution is -2.16. The highest BCUT2D eigenvalue weighted by atomic mass is 16.1. The number of nitrogens with zero attached hydrogens (tertiary/aromatic N) is 3. The molecule has 0 spiro atoms. The van der Waals surface area contributed by atoms with Gasteiger partial charge in [-0.25, -0.2) is 4.68 Å². The SMILES string of the molecule is Cc1ccc(C(N)=O)c(-n2cccn2)c1C#Cc1cccnc1. The minimum absolute atomic E-state index is 0.384. The second kappa shape index (κ2) is 6.16. The van der Waals surface area contributed by atoms with Crippen LogP contribution >= 0.6 is 0 Å². The molecular formula is C18H14N4O.